The number of allylic oxidation sites excluding steroid dienone is 2. The van der Waals surface area contributed by atoms with E-state index in [1.807, 2.05) is 32.0 Å². The molecular formula is C56H42N8O8. The highest BCUT2D eigenvalue weighted by molar-refractivity contribution is 6.35. The molecule has 0 bridgehead atoms. The highest BCUT2D eigenvalue weighted by Gasteiger charge is 2.39. The molecule has 0 saturated heterocycles. The lowest BCUT2D eigenvalue weighted by Crippen LogP contribution is -2.32. The lowest BCUT2D eigenvalue weighted by Gasteiger charge is -2.24. The zero-order valence-corrected chi connectivity index (χ0v) is 39.4. The number of imide groups is 2. The molecule has 0 fully saturated rings. The van der Waals surface area contributed by atoms with Crippen molar-refractivity contribution in [2.75, 3.05) is 36.1 Å². The topological polar surface area (TPSA) is 235 Å². The summed E-state index contributed by atoms with van der Waals surface area (Å²) in [7, 11) is 0. The Labute approximate surface area is 413 Å². The van der Waals surface area contributed by atoms with Gasteiger partial charge in [-0.3, -0.25) is 24.5 Å². The van der Waals surface area contributed by atoms with Crippen LogP contribution in [0, 0.1) is 61.7 Å². The van der Waals surface area contributed by atoms with E-state index in [2.05, 4.69) is 47.6 Å². The van der Waals surface area contributed by atoms with E-state index < -0.39 is 35.6 Å². The number of aryl methyl sites for hydroxylation is 4. The average molecular weight is 955 g/mol. The summed E-state index contributed by atoms with van der Waals surface area (Å²) in [5.74, 6) is -3.67. The lowest BCUT2D eigenvalue weighted by molar-refractivity contribution is 0.0503. The summed E-state index contributed by atoms with van der Waals surface area (Å²) in [5.41, 5.74) is 8.74. The predicted octanol–water partition coefficient (Wildman–Crippen LogP) is 9.46. The van der Waals surface area contributed by atoms with Crippen molar-refractivity contribution in [1.82, 2.24) is 5.32 Å². The van der Waals surface area contributed by atoms with Crippen LogP contribution in [0.25, 0.3) is 5.57 Å². The molecular weight excluding hydrogens is 913 g/mol. The Hall–Kier alpha value is -9.85. The predicted molar refractivity (Wildman–Crippen MR) is 264 cm³/mol. The first-order valence-corrected chi connectivity index (χ1v) is 22.5. The minimum atomic E-state index is -0.732. The molecule has 6 aromatic rings. The Morgan fingerprint density at radius 3 is 1.61 bits per heavy atom. The van der Waals surface area contributed by atoms with Crippen LogP contribution in [0.4, 0.5) is 22.7 Å². The number of rotatable bonds is 15. The van der Waals surface area contributed by atoms with Crippen molar-refractivity contribution in [2.45, 2.75) is 34.1 Å². The smallest absolute Gasteiger partial charge is 0.338 e. The van der Waals surface area contributed by atoms with E-state index in [-0.39, 0.29) is 70.8 Å². The molecule has 1 N–H and O–H groups in total. The summed E-state index contributed by atoms with van der Waals surface area (Å²) in [6, 6.07) is 37.2. The molecule has 2 aliphatic heterocycles. The Balaban J connectivity index is 0.946. The number of anilines is 2. The van der Waals surface area contributed by atoms with Crippen molar-refractivity contribution in [3.63, 3.8) is 0 Å². The molecule has 0 aliphatic carbocycles. The number of carbonyl (C=O) groups excluding carboxylic acids is 6. The SMILES string of the molecule is Cc1cc(C)cc(Cc2cc(C)c(N3C(=O)c4ccc(C(=O)OCCN(CCOC(=O)c5ccc6c(c5)C(=O)NC6=O)c5ccc(N=Nc6ccc(C(C#N)=C(C#N)C#N)cc6)cc5)cc4C3=O)c(C)c2)c1. The molecule has 0 aromatic heterocycles. The number of carbonyl (C=O) groups is 6. The maximum atomic E-state index is 14.0. The van der Waals surface area contributed by atoms with Crippen molar-refractivity contribution in [3.8, 4) is 18.2 Å². The van der Waals surface area contributed by atoms with Crippen molar-refractivity contribution >= 4 is 63.9 Å². The fraction of sp³-hybridized carbons (Fsp3) is 0.161. The molecule has 0 saturated carbocycles. The van der Waals surface area contributed by atoms with Gasteiger partial charge in [0.05, 0.1) is 69.1 Å². The van der Waals surface area contributed by atoms with Crippen LogP contribution < -0.4 is 15.1 Å². The quantitative estimate of drug-likeness (QED) is 0.0438. The number of hydrogen-bond donors (Lipinski definition) is 1. The summed E-state index contributed by atoms with van der Waals surface area (Å²) in [6.45, 7) is 7.81. The van der Waals surface area contributed by atoms with E-state index in [1.165, 1.54) is 47.5 Å². The van der Waals surface area contributed by atoms with Gasteiger partial charge in [0.1, 0.15) is 37.0 Å². The largest absolute Gasteiger partial charge is 0.460 e. The third kappa shape index (κ3) is 10.3. The van der Waals surface area contributed by atoms with Crippen LogP contribution in [0.15, 0.2) is 131 Å². The minimum Gasteiger partial charge on any atom is -0.460 e. The number of ether oxygens (including phenoxy) is 2. The standard InChI is InChI=1S/C56H42N8O8/c1-32-21-33(2)23-36(22-32)26-37-24-34(3)50(35(4)25-37)64-53(67)46-16-8-40(28-48(46)54(64)68)56(70)72-20-18-63(17-19-71-55(69)39-7-15-45-47(27-39)52(66)60-51(45)65)44-13-11-43(12-14-44)62-61-42-9-5-38(6-10-42)49(31-59)41(29-57)30-58/h5-16,21-25,27-28H,17-20,26H2,1-4H3,(H,60,65,66). The number of amides is 4. The van der Waals surface area contributed by atoms with Crippen LogP contribution >= 0.6 is 0 Å². The van der Waals surface area contributed by atoms with Gasteiger partial charge in [0.25, 0.3) is 23.6 Å². The van der Waals surface area contributed by atoms with Crippen LogP contribution in [0.5, 0.6) is 0 Å². The molecule has 16 nitrogen and oxygen atoms in total. The van der Waals surface area contributed by atoms with Gasteiger partial charge in [0.15, 0.2) is 0 Å². The molecule has 16 heteroatoms. The highest BCUT2D eigenvalue weighted by atomic mass is 16.5. The number of nitriles is 3. The van der Waals surface area contributed by atoms with E-state index in [1.54, 1.807) is 65.6 Å². The van der Waals surface area contributed by atoms with E-state index in [0.29, 0.717) is 34.7 Å². The minimum absolute atomic E-state index is 0.0556. The van der Waals surface area contributed by atoms with Gasteiger partial charge < -0.3 is 14.4 Å². The number of azo groups is 1. The molecule has 354 valence electrons. The third-order valence-electron chi connectivity index (χ3n) is 12.0. The Morgan fingerprint density at radius 2 is 1.06 bits per heavy atom. The van der Waals surface area contributed by atoms with Gasteiger partial charge in [-0.1, -0.05) is 53.6 Å². The lowest BCUT2D eigenvalue weighted by atomic mass is 9.96. The maximum absolute atomic E-state index is 14.0. The van der Waals surface area contributed by atoms with Crippen LogP contribution in [-0.2, 0) is 15.9 Å². The van der Waals surface area contributed by atoms with Crippen LogP contribution in [0.3, 0.4) is 0 Å². The first kappa shape index (κ1) is 48.6. The Kier molecular flexibility index (Phi) is 14.0. The summed E-state index contributed by atoms with van der Waals surface area (Å²) >= 11 is 0. The van der Waals surface area contributed by atoms with Crippen molar-refractivity contribution in [2.24, 2.45) is 10.2 Å². The van der Waals surface area contributed by atoms with Gasteiger partial charge in [-0.15, -0.1) is 0 Å². The molecule has 6 aromatic carbocycles. The second-order valence-electron chi connectivity index (χ2n) is 17.1. The summed E-state index contributed by atoms with van der Waals surface area (Å²) < 4.78 is 11.3. The second kappa shape index (κ2) is 20.8. The number of esters is 2. The number of fused-ring (bicyclic) bond motifs is 2. The maximum Gasteiger partial charge on any atom is 0.338 e. The highest BCUT2D eigenvalue weighted by Crippen LogP contribution is 2.35. The van der Waals surface area contributed by atoms with Gasteiger partial charge in [0.2, 0.25) is 0 Å². The molecule has 2 aliphatic rings. The molecule has 0 atom stereocenters. The van der Waals surface area contributed by atoms with Gasteiger partial charge in [-0.05, 0) is 135 Å². The van der Waals surface area contributed by atoms with Crippen LogP contribution in [0.1, 0.15) is 101 Å². The van der Waals surface area contributed by atoms with Gasteiger partial charge >= 0.3 is 11.9 Å². The van der Waals surface area contributed by atoms with E-state index in [0.717, 1.165) is 27.2 Å². The first-order chi connectivity index (χ1) is 34.6. The molecule has 8 rings (SSSR count). The molecule has 2 heterocycles. The molecule has 0 unspecified atom stereocenters. The molecule has 72 heavy (non-hydrogen) atoms. The number of nitrogens with zero attached hydrogens (tertiary/aromatic N) is 7. The van der Waals surface area contributed by atoms with Crippen molar-refractivity contribution in [3.05, 3.63) is 193 Å². The Bertz CT molecular complexity index is 3410. The fourth-order valence-electron chi connectivity index (χ4n) is 8.75. The molecule has 0 radical (unpaired) electrons. The van der Waals surface area contributed by atoms with Crippen LogP contribution in [0.2, 0.25) is 0 Å². The van der Waals surface area contributed by atoms with Crippen LogP contribution in [-0.4, -0.2) is 61.9 Å². The normalized spacial score (nSPS) is 12.4. The van der Waals surface area contributed by atoms with E-state index in [9.17, 15) is 44.6 Å². The molecule has 4 amide bonds. The van der Waals surface area contributed by atoms with Crippen molar-refractivity contribution in [1.29, 1.82) is 15.8 Å². The van der Waals surface area contributed by atoms with Gasteiger partial charge in [-0.2, -0.15) is 26.0 Å². The van der Waals surface area contributed by atoms with Gasteiger partial charge in [0, 0.05) is 5.69 Å². The summed E-state index contributed by atoms with van der Waals surface area (Å²) in [5, 5.41) is 38.6. The average Bonchev–Trinajstić information content (AvgIpc) is 3.79. The summed E-state index contributed by atoms with van der Waals surface area (Å²) in [4.78, 5) is 81.6. The zero-order valence-electron chi connectivity index (χ0n) is 39.4. The third-order valence-corrected chi connectivity index (χ3v) is 12.0. The number of benzene rings is 6. The monoisotopic (exact) mass is 954 g/mol. The van der Waals surface area contributed by atoms with Crippen molar-refractivity contribution < 1.29 is 38.2 Å². The number of nitrogens with one attached hydrogen (secondary N) is 1. The Morgan fingerprint density at radius 1 is 0.569 bits per heavy atom. The second-order valence-corrected chi connectivity index (χ2v) is 17.1. The first-order valence-electron chi connectivity index (χ1n) is 22.5. The molecule has 0 spiro atoms. The van der Waals surface area contributed by atoms with E-state index >= 15 is 0 Å². The summed E-state index contributed by atoms with van der Waals surface area (Å²) in [6.07, 6.45) is 0.688. The fourth-order valence-corrected chi connectivity index (χ4v) is 8.75. The van der Waals surface area contributed by atoms with Gasteiger partial charge in [-0.25, -0.2) is 14.5 Å². The number of hydrogen-bond acceptors (Lipinski definition) is 14. The van der Waals surface area contributed by atoms with E-state index in [4.69, 9.17) is 9.47 Å². The zero-order chi connectivity index (χ0) is 51.2.